The van der Waals surface area contributed by atoms with Crippen LogP contribution in [0.2, 0.25) is 5.02 Å². The van der Waals surface area contributed by atoms with Crippen molar-refractivity contribution in [1.29, 1.82) is 0 Å². The van der Waals surface area contributed by atoms with Crippen molar-refractivity contribution >= 4 is 21.6 Å². The Bertz CT molecular complexity index is 700. The summed E-state index contributed by atoms with van der Waals surface area (Å²) in [6.07, 6.45) is 7.06. The first-order chi connectivity index (χ1) is 11.5. The van der Waals surface area contributed by atoms with E-state index in [4.69, 9.17) is 11.6 Å². The summed E-state index contributed by atoms with van der Waals surface area (Å²) in [5, 5.41) is 0.643. The Kier molecular flexibility index (Phi) is 7.27. The number of nitrogens with zero attached hydrogens (tertiary/aromatic N) is 1. The van der Waals surface area contributed by atoms with Crippen molar-refractivity contribution in [3.8, 4) is 0 Å². The summed E-state index contributed by atoms with van der Waals surface area (Å²) in [5.41, 5.74) is 1.99. The Labute approximate surface area is 148 Å². The number of hydrogen-bond acceptors (Lipinski definition) is 3. The minimum atomic E-state index is -3.29. The van der Waals surface area contributed by atoms with Crippen molar-refractivity contribution in [2.24, 2.45) is 5.92 Å². The van der Waals surface area contributed by atoms with Crippen LogP contribution in [-0.2, 0) is 23.0 Å². The average molecular weight is 370 g/mol. The molecule has 0 radical (unpaired) electrons. The highest BCUT2D eigenvalue weighted by molar-refractivity contribution is 7.89. The highest BCUT2D eigenvalue weighted by Gasteiger charge is 2.17. The zero-order valence-electron chi connectivity index (χ0n) is 13.8. The molecule has 0 bridgehead atoms. The minimum absolute atomic E-state index is 0.163. The van der Waals surface area contributed by atoms with Gasteiger partial charge in [-0.15, -0.1) is 0 Å². The zero-order chi connectivity index (χ0) is 17.4. The van der Waals surface area contributed by atoms with Gasteiger partial charge in [-0.25, -0.2) is 18.1 Å². The van der Waals surface area contributed by atoms with Gasteiger partial charge in [-0.1, -0.05) is 37.1 Å². The van der Waals surface area contributed by atoms with E-state index in [0.29, 0.717) is 11.6 Å². The summed E-state index contributed by atoms with van der Waals surface area (Å²) in [6.45, 7) is 2.33. The number of aromatic nitrogens is 2. The summed E-state index contributed by atoms with van der Waals surface area (Å²) in [4.78, 5) is 7.06. The number of imidazole rings is 1. The van der Waals surface area contributed by atoms with Crippen molar-refractivity contribution < 1.29 is 8.42 Å². The summed E-state index contributed by atoms with van der Waals surface area (Å²) >= 11 is 5.83. The topological polar surface area (TPSA) is 74.8 Å². The van der Waals surface area contributed by atoms with Crippen molar-refractivity contribution in [2.75, 3.05) is 5.75 Å². The molecule has 1 heterocycles. The largest absolute Gasteiger partial charge is 0.348 e. The minimum Gasteiger partial charge on any atom is -0.348 e. The molecule has 7 heteroatoms. The average Bonchev–Trinajstić information content (AvgIpc) is 3.07. The monoisotopic (exact) mass is 369 g/mol. The molecular weight excluding hydrogens is 346 g/mol. The van der Waals surface area contributed by atoms with E-state index in [1.807, 2.05) is 25.3 Å². The predicted molar refractivity (Wildman–Crippen MR) is 97.4 cm³/mol. The van der Waals surface area contributed by atoms with Crippen LogP contribution in [0.1, 0.15) is 37.4 Å². The van der Waals surface area contributed by atoms with E-state index >= 15 is 0 Å². The molecule has 0 saturated carbocycles. The molecule has 1 aromatic heterocycles. The van der Waals surface area contributed by atoms with Crippen LogP contribution < -0.4 is 4.72 Å². The van der Waals surface area contributed by atoms with E-state index in [-0.39, 0.29) is 11.7 Å². The number of halogens is 1. The van der Waals surface area contributed by atoms with Crippen molar-refractivity contribution in [2.45, 2.75) is 39.2 Å². The van der Waals surface area contributed by atoms with E-state index in [1.54, 1.807) is 18.5 Å². The predicted octanol–water partition coefficient (Wildman–Crippen LogP) is 3.53. The SMILES string of the molecule is CCC(CCCc1cnc[nH]1)CS(=O)(=O)NCc1ccc(Cl)cc1. The van der Waals surface area contributed by atoms with Crippen molar-refractivity contribution in [1.82, 2.24) is 14.7 Å². The lowest BCUT2D eigenvalue weighted by atomic mass is 10.0. The maximum Gasteiger partial charge on any atom is 0.212 e. The third-order valence-electron chi connectivity index (χ3n) is 4.06. The molecule has 0 aliphatic rings. The van der Waals surface area contributed by atoms with E-state index in [1.165, 1.54) is 0 Å². The van der Waals surface area contributed by atoms with Crippen LogP contribution in [0.4, 0.5) is 0 Å². The normalized spacial score (nSPS) is 13.1. The number of H-pyrrole nitrogens is 1. The molecule has 0 fully saturated rings. The van der Waals surface area contributed by atoms with Gasteiger partial charge in [0.1, 0.15) is 0 Å². The molecule has 5 nitrogen and oxygen atoms in total. The van der Waals surface area contributed by atoms with Crippen molar-refractivity contribution in [3.63, 3.8) is 0 Å². The first kappa shape index (κ1) is 19.0. The number of sulfonamides is 1. The zero-order valence-corrected chi connectivity index (χ0v) is 15.4. The summed E-state index contributed by atoms with van der Waals surface area (Å²) < 4.78 is 27.2. The van der Waals surface area contributed by atoms with Gasteiger partial charge in [-0.2, -0.15) is 0 Å². The fraction of sp³-hybridized carbons (Fsp3) is 0.471. The second-order valence-corrected chi connectivity index (χ2v) is 8.26. The molecule has 2 aromatic rings. The van der Waals surface area contributed by atoms with Crippen LogP contribution in [0, 0.1) is 5.92 Å². The van der Waals surface area contributed by atoms with Crippen LogP contribution in [0.25, 0.3) is 0 Å². The van der Waals surface area contributed by atoms with E-state index in [0.717, 1.165) is 36.9 Å². The lowest BCUT2D eigenvalue weighted by molar-refractivity contribution is 0.482. The smallest absolute Gasteiger partial charge is 0.212 e. The first-order valence-electron chi connectivity index (χ1n) is 8.17. The van der Waals surface area contributed by atoms with Crippen LogP contribution >= 0.6 is 11.6 Å². The first-order valence-corrected chi connectivity index (χ1v) is 10.2. The fourth-order valence-corrected chi connectivity index (χ4v) is 4.23. The molecule has 132 valence electrons. The molecule has 1 aromatic carbocycles. The maximum absolute atomic E-state index is 12.3. The van der Waals surface area contributed by atoms with Crippen LogP contribution in [0.3, 0.4) is 0 Å². The number of benzene rings is 1. The Morgan fingerprint density at radius 3 is 2.67 bits per heavy atom. The Morgan fingerprint density at radius 1 is 1.29 bits per heavy atom. The molecule has 2 rings (SSSR count). The Morgan fingerprint density at radius 2 is 2.04 bits per heavy atom. The van der Waals surface area contributed by atoms with Gasteiger partial charge in [-0.05, 0) is 42.9 Å². The van der Waals surface area contributed by atoms with Crippen LogP contribution in [0.5, 0.6) is 0 Å². The molecule has 24 heavy (non-hydrogen) atoms. The number of rotatable bonds is 10. The molecule has 1 atom stereocenters. The highest BCUT2D eigenvalue weighted by Crippen LogP contribution is 2.16. The second kappa shape index (κ2) is 9.20. The Hall–Kier alpha value is -1.37. The summed E-state index contributed by atoms with van der Waals surface area (Å²) in [7, 11) is -3.29. The van der Waals surface area contributed by atoms with E-state index in [9.17, 15) is 8.42 Å². The molecule has 0 aliphatic carbocycles. The molecule has 0 spiro atoms. The standard InChI is InChI=1S/C17H24ClN3O2S/c1-2-14(4-3-5-17-11-19-13-20-17)12-24(22,23)21-10-15-6-8-16(18)9-7-15/h6-9,11,13-14,21H,2-5,10,12H2,1H3,(H,19,20). The third kappa shape index (κ3) is 6.63. The molecule has 0 saturated heterocycles. The maximum atomic E-state index is 12.3. The van der Waals surface area contributed by atoms with Crippen LogP contribution in [-0.4, -0.2) is 24.1 Å². The van der Waals surface area contributed by atoms with Gasteiger partial charge in [0, 0.05) is 23.5 Å². The number of aromatic amines is 1. The van der Waals surface area contributed by atoms with Gasteiger partial charge < -0.3 is 4.98 Å². The molecular formula is C17H24ClN3O2S. The summed E-state index contributed by atoms with van der Waals surface area (Å²) in [6, 6.07) is 7.17. The molecule has 0 aliphatic heterocycles. The number of hydrogen-bond donors (Lipinski definition) is 2. The van der Waals surface area contributed by atoms with Gasteiger partial charge in [0.15, 0.2) is 0 Å². The van der Waals surface area contributed by atoms with Gasteiger partial charge in [-0.3, -0.25) is 0 Å². The van der Waals surface area contributed by atoms with E-state index in [2.05, 4.69) is 14.7 Å². The number of aryl methyl sites for hydroxylation is 1. The van der Waals surface area contributed by atoms with Gasteiger partial charge in [0.25, 0.3) is 0 Å². The molecule has 2 N–H and O–H groups in total. The molecule has 1 unspecified atom stereocenters. The Balaban J connectivity index is 1.78. The quantitative estimate of drug-likeness (QED) is 0.672. The number of nitrogens with one attached hydrogen (secondary N) is 2. The summed E-state index contributed by atoms with van der Waals surface area (Å²) in [5.74, 6) is 0.329. The molecule has 0 amide bonds. The van der Waals surface area contributed by atoms with E-state index < -0.39 is 10.0 Å². The third-order valence-corrected chi connectivity index (χ3v) is 5.80. The van der Waals surface area contributed by atoms with Crippen LogP contribution in [0.15, 0.2) is 36.8 Å². The lowest BCUT2D eigenvalue weighted by Gasteiger charge is -2.15. The lowest BCUT2D eigenvalue weighted by Crippen LogP contribution is -2.29. The van der Waals surface area contributed by atoms with Gasteiger partial charge in [0.05, 0.1) is 12.1 Å². The van der Waals surface area contributed by atoms with Gasteiger partial charge in [0.2, 0.25) is 10.0 Å². The second-order valence-electron chi connectivity index (χ2n) is 5.97. The van der Waals surface area contributed by atoms with Crippen molar-refractivity contribution in [3.05, 3.63) is 53.1 Å². The fourth-order valence-electron chi connectivity index (χ4n) is 2.57. The highest BCUT2D eigenvalue weighted by atomic mass is 35.5. The van der Waals surface area contributed by atoms with Gasteiger partial charge >= 0.3 is 0 Å².